The summed E-state index contributed by atoms with van der Waals surface area (Å²) in [6, 6.07) is 5.56. The first-order valence-corrected chi connectivity index (χ1v) is 8.40. The highest BCUT2D eigenvalue weighted by atomic mass is 16.7. The first-order valence-electron chi connectivity index (χ1n) is 8.40. The number of benzene rings is 1. The smallest absolute Gasteiger partial charge is 0.249 e. The topological polar surface area (TPSA) is 85.5 Å². The molecular formula is C18H23N3O4. The number of carbonyl (C=O) groups excluding carboxylic acids is 1. The Kier molecular flexibility index (Phi) is 5.23. The van der Waals surface area contributed by atoms with Gasteiger partial charge in [-0.05, 0) is 31.5 Å². The van der Waals surface area contributed by atoms with Crippen LogP contribution < -0.4 is 14.8 Å². The summed E-state index contributed by atoms with van der Waals surface area (Å²) in [6.07, 6.45) is 2.98. The third-order valence-electron chi connectivity index (χ3n) is 4.23. The molecule has 0 aliphatic carbocycles. The van der Waals surface area contributed by atoms with Gasteiger partial charge < -0.3 is 24.5 Å². The Morgan fingerprint density at radius 2 is 2.20 bits per heavy atom. The van der Waals surface area contributed by atoms with Gasteiger partial charge >= 0.3 is 0 Å². The lowest BCUT2D eigenvalue weighted by Crippen LogP contribution is -2.37. The van der Waals surface area contributed by atoms with Crippen LogP contribution in [0.25, 0.3) is 11.3 Å². The normalized spacial score (nSPS) is 15.0. The molecule has 1 aromatic carbocycles. The molecule has 2 aromatic rings. The van der Waals surface area contributed by atoms with Crippen LogP contribution in [0.4, 0.5) is 0 Å². The second-order valence-electron chi connectivity index (χ2n) is 5.98. The Labute approximate surface area is 146 Å². The van der Waals surface area contributed by atoms with Crippen molar-refractivity contribution < 1.29 is 19.0 Å². The van der Waals surface area contributed by atoms with Crippen LogP contribution in [0.5, 0.6) is 11.5 Å². The molecule has 134 valence electrons. The summed E-state index contributed by atoms with van der Waals surface area (Å²) in [5, 5.41) is 2.99. The van der Waals surface area contributed by atoms with Gasteiger partial charge in [0, 0.05) is 12.7 Å². The number of rotatable bonds is 7. The van der Waals surface area contributed by atoms with Gasteiger partial charge in [0.15, 0.2) is 11.5 Å². The average Bonchev–Trinajstić information content (AvgIpc) is 3.28. The van der Waals surface area contributed by atoms with E-state index in [0.717, 1.165) is 41.4 Å². The molecule has 0 radical (unpaired) electrons. The van der Waals surface area contributed by atoms with Crippen molar-refractivity contribution in [3.63, 3.8) is 0 Å². The number of imidazole rings is 1. The molecule has 1 amide bonds. The fourth-order valence-electron chi connectivity index (χ4n) is 2.69. The number of carbonyl (C=O) groups is 1. The number of aromatic amines is 1. The molecule has 1 aliphatic rings. The third-order valence-corrected chi connectivity index (χ3v) is 4.23. The number of ether oxygens (including phenoxy) is 3. The molecule has 7 heteroatoms. The molecule has 1 aliphatic heterocycles. The van der Waals surface area contributed by atoms with E-state index in [4.69, 9.17) is 14.2 Å². The van der Waals surface area contributed by atoms with Crippen molar-refractivity contribution >= 4 is 5.91 Å². The van der Waals surface area contributed by atoms with Crippen molar-refractivity contribution in [2.45, 2.75) is 38.8 Å². The lowest BCUT2D eigenvalue weighted by molar-refractivity contribution is -0.130. The van der Waals surface area contributed by atoms with E-state index in [-0.39, 0.29) is 18.7 Å². The fraction of sp³-hybridized carbons (Fsp3) is 0.444. The number of hydrogen-bond donors (Lipinski definition) is 2. The maximum absolute atomic E-state index is 12.1. The predicted octanol–water partition coefficient (Wildman–Crippen LogP) is 2.80. The molecule has 0 unspecified atom stereocenters. The maximum atomic E-state index is 12.1. The van der Waals surface area contributed by atoms with Crippen LogP contribution in [0.2, 0.25) is 0 Å². The molecule has 2 N–H and O–H groups in total. The number of amides is 1. The molecule has 3 rings (SSSR count). The molecule has 2 atom stereocenters. The molecule has 7 nitrogen and oxygen atoms in total. The van der Waals surface area contributed by atoms with E-state index >= 15 is 0 Å². The lowest BCUT2D eigenvalue weighted by Gasteiger charge is -2.18. The van der Waals surface area contributed by atoms with Crippen LogP contribution in [0, 0.1) is 0 Å². The van der Waals surface area contributed by atoms with E-state index in [9.17, 15) is 4.79 Å². The van der Waals surface area contributed by atoms with E-state index < -0.39 is 6.10 Å². The maximum Gasteiger partial charge on any atom is 0.249 e. The molecule has 0 bridgehead atoms. The average molecular weight is 345 g/mol. The number of fused-ring (bicyclic) bond motifs is 1. The molecular weight excluding hydrogens is 322 g/mol. The van der Waals surface area contributed by atoms with Gasteiger partial charge in [-0.15, -0.1) is 0 Å². The van der Waals surface area contributed by atoms with Crippen molar-refractivity contribution in [2.75, 3.05) is 13.9 Å². The van der Waals surface area contributed by atoms with Gasteiger partial charge in [-0.25, -0.2) is 4.98 Å². The lowest BCUT2D eigenvalue weighted by atomic mass is 10.1. The van der Waals surface area contributed by atoms with E-state index in [1.165, 1.54) is 7.11 Å². The Hall–Kier alpha value is -2.54. The zero-order valence-electron chi connectivity index (χ0n) is 14.7. The highest BCUT2D eigenvalue weighted by Crippen LogP contribution is 2.35. The Bertz CT molecular complexity index is 744. The Morgan fingerprint density at radius 3 is 2.96 bits per heavy atom. The van der Waals surface area contributed by atoms with Crippen molar-refractivity contribution in [1.29, 1.82) is 0 Å². The van der Waals surface area contributed by atoms with E-state index in [0.29, 0.717) is 0 Å². The SMILES string of the molecule is CCC[C@@H](NC(=O)[C@@H](C)OC)c1ncc(-c2ccc3c(c2)OCO3)[nH]1. The summed E-state index contributed by atoms with van der Waals surface area (Å²) in [4.78, 5) is 19.9. The second-order valence-corrected chi connectivity index (χ2v) is 5.98. The fourth-order valence-corrected chi connectivity index (χ4v) is 2.69. The van der Waals surface area contributed by atoms with E-state index in [1.807, 2.05) is 18.2 Å². The summed E-state index contributed by atoms with van der Waals surface area (Å²) >= 11 is 0. The Morgan fingerprint density at radius 1 is 1.40 bits per heavy atom. The zero-order chi connectivity index (χ0) is 17.8. The van der Waals surface area contributed by atoms with Gasteiger partial charge in [-0.1, -0.05) is 13.3 Å². The van der Waals surface area contributed by atoms with Crippen molar-refractivity contribution in [3.05, 3.63) is 30.2 Å². The van der Waals surface area contributed by atoms with Crippen LogP contribution >= 0.6 is 0 Å². The molecule has 2 heterocycles. The van der Waals surface area contributed by atoms with Gasteiger partial charge in [0.05, 0.1) is 17.9 Å². The van der Waals surface area contributed by atoms with Crippen LogP contribution in [0.3, 0.4) is 0 Å². The molecule has 0 fully saturated rings. The predicted molar refractivity (Wildman–Crippen MR) is 92.4 cm³/mol. The number of methoxy groups -OCH3 is 1. The third kappa shape index (κ3) is 3.76. The summed E-state index contributed by atoms with van der Waals surface area (Å²) < 4.78 is 15.8. The number of aromatic nitrogens is 2. The quantitative estimate of drug-likeness (QED) is 0.806. The summed E-state index contributed by atoms with van der Waals surface area (Å²) in [6.45, 7) is 4.04. The minimum Gasteiger partial charge on any atom is -0.454 e. The monoisotopic (exact) mass is 345 g/mol. The summed E-state index contributed by atoms with van der Waals surface area (Å²) in [5.41, 5.74) is 1.82. The summed E-state index contributed by atoms with van der Waals surface area (Å²) in [7, 11) is 1.52. The van der Waals surface area contributed by atoms with Gasteiger partial charge in [0.1, 0.15) is 11.9 Å². The Balaban J connectivity index is 1.79. The van der Waals surface area contributed by atoms with Crippen LogP contribution in [-0.4, -0.2) is 35.9 Å². The number of nitrogens with zero attached hydrogens (tertiary/aromatic N) is 1. The molecule has 0 spiro atoms. The van der Waals surface area contributed by atoms with Gasteiger partial charge in [-0.3, -0.25) is 4.79 Å². The zero-order valence-corrected chi connectivity index (χ0v) is 14.7. The molecule has 0 saturated heterocycles. The molecule has 0 saturated carbocycles. The first kappa shape index (κ1) is 17.3. The van der Waals surface area contributed by atoms with Gasteiger partial charge in [0.25, 0.3) is 0 Å². The molecule has 25 heavy (non-hydrogen) atoms. The highest BCUT2D eigenvalue weighted by molar-refractivity contribution is 5.80. The largest absolute Gasteiger partial charge is 0.454 e. The minimum atomic E-state index is -0.498. The van der Waals surface area contributed by atoms with Crippen molar-refractivity contribution in [3.8, 4) is 22.8 Å². The number of nitrogens with one attached hydrogen (secondary N) is 2. The number of H-pyrrole nitrogens is 1. The van der Waals surface area contributed by atoms with Crippen LogP contribution in [0.1, 0.15) is 38.6 Å². The molecule has 1 aromatic heterocycles. The van der Waals surface area contributed by atoms with E-state index in [1.54, 1.807) is 13.1 Å². The highest BCUT2D eigenvalue weighted by Gasteiger charge is 2.21. The van der Waals surface area contributed by atoms with Gasteiger partial charge in [-0.2, -0.15) is 0 Å². The van der Waals surface area contributed by atoms with Crippen LogP contribution in [-0.2, 0) is 9.53 Å². The van der Waals surface area contributed by atoms with E-state index in [2.05, 4.69) is 22.2 Å². The minimum absolute atomic E-state index is 0.151. The second kappa shape index (κ2) is 7.57. The number of hydrogen-bond acceptors (Lipinski definition) is 5. The van der Waals surface area contributed by atoms with Gasteiger partial charge in [0.2, 0.25) is 12.7 Å². The standard InChI is InChI=1S/C18H23N3O4/c1-4-5-13(21-18(22)11(2)23-3)17-19-9-14(20-17)12-6-7-15-16(8-12)25-10-24-15/h6-9,11,13H,4-5,10H2,1-3H3,(H,19,20)(H,21,22)/t11-,13-/m1/s1. The van der Waals surface area contributed by atoms with Crippen LogP contribution in [0.15, 0.2) is 24.4 Å². The van der Waals surface area contributed by atoms with Crippen molar-refractivity contribution in [1.82, 2.24) is 15.3 Å². The van der Waals surface area contributed by atoms with Crippen molar-refractivity contribution in [2.24, 2.45) is 0 Å². The first-order chi connectivity index (χ1) is 12.1. The summed E-state index contributed by atoms with van der Waals surface area (Å²) in [5.74, 6) is 2.04.